The summed E-state index contributed by atoms with van der Waals surface area (Å²) < 4.78 is 0. The Morgan fingerprint density at radius 3 is 2.27 bits per heavy atom. The van der Waals surface area contributed by atoms with Crippen molar-refractivity contribution in [3.05, 3.63) is 0 Å². The smallest absolute Gasteiger partial charge is 0.136 e. The van der Waals surface area contributed by atoms with Crippen LogP contribution in [0, 0.1) is 0 Å². The van der Waals surface area contributed by atoms with Crippen molar-refractivity contribution < 1.29 is 4.79 Å². The Labute approximate surface area is 93.3 Å². The number of nitrogens with two attached hydrogens (primary N) is 2. The molecule has 0 radical (unpaired) electrons. The molecule has 0 aromatic carbocycles. The molecule has 92 valence electrons. The molecule has 5 heteroatoms. The largest absolute Gasteiger partial charge is 0.390 e. The van der Waals surface area contributed by atoms with Crippen molar-refractivity contribution in [1.29, 1.82) is 0 Å². The van der Waals surface area contributed by atoms with Crippen LogP contribution in [-0.2, 0) is 4.79 Å². The highest BCUT2D eigenvalue weighted by atomic mass is 16.1. The van der Waals surface area contributed by atoms with E-state index in [1.165, 1.54) is 13.4 Å². The minimum atomic E-state index is -0.0389. The Morgan fingerprint density at radius 1 is 1.40 bits per heavy atom. The lowest BCUT2D eigenvalue weighted by Gasteiger charge is -2.05. The Morgan fingerprint density at radius 2 is 1.93 bits per heavy atom. The van der Waals surface area contributed by atoms with Gasteiger partial charge < -0.3 is 21.6 Å². The van der Waals surface area contributed by atoms with Crippen LogP contribution in [0.5, 0.6) is 0 Å². The van der Waals surface area contributed by atoms with Gasteiger partial charge in [0.15, 0.2) is 0 Å². The van der Waals surface area contributed by atoms with E-state index in [2.05, 4.69) is 16.0 Å². The normalized spacial score (nSPS) is 10.7. The molecule has 15 heavy (non-hydrogen) atoms. The predicted octanol–water partition coefficient (Wildman–Crippen LogP) is 0.142. The number of aldehydes is 1. The molecule has 0 saturated carbocycles. The van der Waals surface area contributed by atoms with E-state index in [1.54, 1.807) is 7.05 Å². The molecule has 0 heterocycles. The third kappa shape index (κ3) is 19.5. The number of hydrogen-bond acceptors (Lipinski definition) is 4. The summed E-state index contributed by atoms with van der Waals surface area (Å²) in [5, 5.41) is 2.88. The number of hydrogen-bond donors (Lipinski definition) is 3. The number of nitrogens with one attached hydrogen (secondary N) is 1. The van der Waals surface area contributed by atoms with Crippen LogP contribution in [0.15, 0.2) is 4.99 Å². The molecular weight excluding hydrogens is 192 g/mol. The van der Waals surface area contributed by atoms with Crippen LogP contribution in [0.1, 0.15) is 26.7 Å². The van der Waals surface area contributed by atoms with Crippen LogP contribution in [0.2, 0.25) is 0 Å². The number of nitrogens with zero attached hydrogens (tertiary/aromatic N) is 1. The zero-order valence-electron chi connectivity index (χ0n) is 10.4. The Hall–Kier alpha value is -0.940. The Balaban J connectivity index is -0.000000318. The number of rotatable bonds is 6. The fraction of sp³-hybridized carbons (Fsp3) is 0.800. The van der Waals surface area contributed by atoms with Gasteiger partial charge in [0.05, 0.1) is 12.4 Å². The summed E-state index contributed by atoms with van der Waals surface area (Å²) in [7, 11) is 3.27. The van der Waals surface area contributed by atoms with Crippen LogP contribution < -0.4 is 16.8 Å². The van der Waals surface area contributed by atoms with Gasteiger partial charge in [-0.05, 0) is 26.9 Å². The summed E-state index contributed by atoms with van der Waals surface area (Å²) in [5.74, 6) is 0. The fourth-order valence-electron chi connectivity index (χ4n) is 0.757. The number of likely N-dealkylation sites (N-methyl/N-ethyl adjacent to an activating group) is 1. The summed E-state index contributed by atoms with van der Waals surface area (Å²) >= 11 is 0. The highest BCUT2D eigenvalue weighted by Crippen LogP contribution is 1.93. The average Bonchev–Trinajstić information content (AvgIpc) is 2.35. The molecule has 0 bridgehead atoms. The molecule has 0 amide bonds. The van der Waals surface area contributed by atoms with Crippen molar-refractivity contribution in [3.8, 4) is 0 Å². The highest BCUT2D eigenvalue weighted by Gasteiger charge is 2.00. The Bertz CT molecular complexity index is 129. The molecule has 0 spiro atoms. The van der Waals surface area contributed by atoms with Gasteiger partial charge in [-0.1, -0.05) is 13.8 Å². The summed E-state index contributed by atoms with van der Waals surface area (Å²) in [6.45, 7) is 4.70. The lowest BCUT2D eigenvalue weighted by atomic mass is 10.2. The van der Waals surface area contributed by atoms with E-state index in [0.717, 1.165) is 19.1 Å². The van der Waals surface area contributed by atoms with Gasteiger partial charge in [-0.15, -0.1) is 0 Å². The molecule has 0 aliphatic carbocycles. The Kier molecular flexibility index (Phi) is 30.2. The van der Waals surface area contributed by atoms with E-state index < -0.39 is 0 Å². The number of carbonyl (C=O) groups excluding carboxylic acids is 1. The monoisotopic (exact) mass is 218 g/mol. The minimum absolute atomic E-state index is 0.0389. The maximum Gasteiger partial charge on any atom is 0.136 e. The van der Waals surface area contributed by atoms with E-state index in [9.17, 15) is 4.79 Å². The van der Waals surface area contributed by atoms with Gasteiger partial charge in [0, 0.05) is 6.54 Å². The van der Waals surface area contributed by atoms with Crippen molar-refractivity contribution in [1.82, 2.24) is 5.32 Å². The van der Waals surface area contributed by atoms with Crippen molar-refractivity contribution in [2.75, 3.05) is 20.6 Å². The predicted molar refractivity (Wildman–Crippen MR) is 67.2 cm³/mol. The molecular formula is C10H26N4O. The molecule has 5 N–H and O–H groups in total. The molecule has 0 fully saturated rings. The average molecular weight is 218 g/mol. The van der Waals surface area contributed by atoms with Gasteiger partial charge in [-0.3, -0.25) is 4.99 Å². The second kappa shape index (κ2) is 23.1. The van der Waals surface area contributed by atoms with E-state index in [1.807, 2.05) is 13.8 Å². The maximum absolute atomic E-state index is 10.3. The maximum atomic E-state index is 10.3. The van der Waals surface area contributed by atoms with Crippen molar-refractivity contribution in [2.24, 2.45) is 16.5 Å². The first kappa shape index (κ1) is 19.6. The molecule has 0 saturated heterocycles. The summed E-state index contributed by atoms with van der Waals surface area (Å²) in [4.78, 5) is 14.1. The molecule has 1 unspecified atom stereocenters. The van der Waals surface area contributed by atoms with Gasteiger partial charge in [0.25, 0.3) is 0 Å². The number of aliphatic imine (C=N–C) groups is 1. The fourth-order valence-corrected chi connectivity index (χ4v) is 0.757. The topological polar surface area (TPSA) is 93.5 Å². The number of carbonyl (C=O) groups is 1. The molecule has 0 aliphatic heterocycles. The summed E-state index contributed by atoms with van der Waals surface area (Å²) in [6.07, 6.45) is 3.90. The van der Waals surface area contributed by atoms with Crippen LogP contribution in [0.3, 0.4) is 0 Å². The van der Waals surface area contributed by atoms with Gasteiger partial charge in [-0.2, -0.15) is 0 Å². The van der Waals surface area contributed by atoms with Gasteiger partial charge in [0.2, 0.25) is 0 Å². The molecule has 1 atom stereocenters. The molecule has 0 rings (SSSR count). The van der Waals surface area contributed by atoms with Crippen LogP contribution in [0.4, 0.5) is 0 Å². The van der Waals surface area contributed by atoms with E-state index >= 15 is 0 Å². The van der Waals surface area contributed by atoms with Crippen LogP contribution in [0.25, 0.3) is 0 Å². The molecule has 0 aliphatic rings. The minimum Gasteiger partial charge on any atom is -0.390 e. The highest BCUT2D eigenvalue weighted by molar-refractivity contribution is 5.57. The van der Waals surface area contributed by atoms with Crippen molar-refractivity contribution >= 4 is 12.6 Å². The third-order valence-electron chi connectivity index (χ3n) is 1.44. The quantitative estimate of drug-likeness (QED) is 0.256. The SMILES string of the molecule is CC.CN.CNC(C=O)CCCN=CN. The van der Waals surface area contributed by atoms with E-state index in [0.29, 0.717) is 6.54 Å². The van der Waals surface area contributed by atoms with Gasteiger partial charge in [0.1, 0.15) is 6.29 Å². The van der Waals surface area contributed by atoms with E-state index in [-0.39, 0.29) is 6.04 Å². The first-order valence-electron chi connectivity index (χ1n) is 5.25. The second-order valence-electron chi connectivity index (χ2n) is 2.23. The van der Waals surface area contributed by atoms with E-state index in [4.69, 9.17) is 5.73 Å². The van der Waals surface area contributed by atoms with Crippen LogP contribution in [-0.4, -0.2) is 39.3 Å². The zero-order chi connectivity index (χ0) is 12.5. The molecule has 5 nitrogen and oxygen atoms in total. The first-order valence-corrected chi connectivity index (χ1v) is 5.25. The lowest BCUT2D eigenvalue weighted by Crippen LogP contribution is -2.26. The molecule has 0 aromatic rings. The van der Waals surface area contributed by atoms with Gasteiger partial charge in [-0.25, -0.2) is 0 Å². The zero-order valence-corrected chi connectivity index (χ0v) is 10.4. The van der Waals surface area contributed by atoms with Crippen molar-refractivity contribution in [2.45, 2.75) is 32.7 Å². The van der Waals surface area contributed by atoms with Crippen LogP contribution >= 0.6 is 0 Å². The summed E-state index contributed by atoms with van der Waals surface area (Å²) in [5.41, 5.74) is 9.53. The summed E-state index contributed by atoms with van der Waals surface area (Å²) in [6, 6.07) is -0.0389. The standard InChI is InChI=1S/C7H15N3O.C2H6.CH5N/c1-9-7(5-11)3-2-4-10-6-8;2*1-2/h5-7,9H,2-4H2,1H3,(H2,8,10);1-2H3;2H2,1H3. The first-order chi connectivity index (χ1) is 7.35. The lowest BCUT2D eigenvalue weighted by molar-refractivity contribution is -0.109. The van der Waals surface area contributed by atoms with Crippen molar-refractivity contribution in [3.63, 3.8) is 0 Å². The van der Waals surface area contributed by atoms with Gasteiger partial charge >= 0.3 is 0 Å². The third-order valence-corrected chi connectivity index (χ3v) is 1.44. The molecule has 0 aromatic heterocycles. The second-order valence-corrected chi connectivity index (χ2v) is 2.23.